The number of nitrogens with zero attached hydrogens (tertiary/aromatic N) is 1. The Bertz CT molecular complexity index is 460. The van der Waals surface area contributed by atoms with Crippen LogP contribution < -0.4 is 10.6 Å². The third kappa shape index (κ3) is 2.12. The van der Waals surface area contributed by atoms with Gasteiger partial charge in [-0.3, -0.25) is 9.78 Å². The predicted octanol–water partition coefficient (Wildman–Crippen LogP) is 1.15. The topological polar surface area (TPSA) is 54.0 Å². The number of aromatic nitrogens is 1. The van der Waals surface area contributed by atoms with Gasteiger partial charge in [0.2, 0.25) is 5.91 Å². The van der Waals surface area contributed by atoms with E-state index in [1.54, 1.807) is 6.20 Å². The van der Waals surface area contributed by atoms with Gasteiger partial charge in [-0.1, -0.05) is 0 Å². The Morgan fingerprint density at radius 1 is 1.56 bits per heavy atom. The second-order valence-corrected chi connectivity index (χ2v) is 5.41. The van der Waals surface area contributed by atoms with Crippen LogP contribution in [-0.2, 0) is 11.3 Å². The number of rotatable bonds is 3. The molecule has 3 unspecified atom stereocenters. The molecule has 0 spiro atoms. The lowest BCUT2D eigenvalue weighted by molar-refractivity contribution is -0.125. The van der Waals surface area contributed by atoms with Gasteiger partial charge in [-0.25, -0.2) is 0 Å². The third-order valence-corrected chi connectivity index (χ3v) is 4.23. The third-order valence-electron chi connectivity index (χ3n) is 4.23. The highest BCUT2D eigenvalue weighted by Crippen LogP contribution is 2.33. The summed E-state index contributed by atoms with van der Waals surface area (Å²) in [7, 11) is 0. The van der Waals surface area contributed by atoms with Crippen LogP contribution in [0.2, 0.25) is 0 Å². The van der Waals surface area contributed by atoms with Crippen LogP contribution >= 0.6 is 0 Å². The summed E-state index contributed by atoms with van der Waals surface area (Å²) < 4.78 is 0. The van der Waals surface area contributed by atoms with Crippen LogP contribution in [0, 0.1) is 12.8 Å². The molecule has 2 aliphatic heterocycles. The summed E-state index contributed by atoms with van der Waals surface area (Å²) >= 11 is 0. The molecule has 4 heteroatoms. The monoisotopic (exact) mass is 245 g/mol. The van der Waals surface area contributed by atoms with Gasteiger partial charge in [-0.05, 0) is 43.4 Å². The molecule has 3 rings (SSSR count). The number of hydrogen-bond acceptors (Lipinski definition) is 3. The SMILES string of the molecule is Cc1cnccc1CNC(=O)C1CC2CCC1N2. The molecule has 0 aliphatic carbocycles. The number of aryl methyl sites for hydroxylation is 1. The molecule has 2 bridgehead atoms. The van der Waals surface area contributed by atoms with Crippen molar-refractivity contribution in [3.8, 4) is 0 Å². The molecule has 1 amide bonds. The lowest BCUT2D eigenvalue weighted by Gasteiger charge is -2.19. The van der Waals surface area contributed by atoms with Crippen molar-refractivity contribution < 1.29 is 4.79 Å². The fourth-order valence-electron chi connectivity index (χ4n) is 3.13. The maximum Gasteiger partial charge on any atom is 0.225 e. The maximum atomic E-state index is 12.2. The van der Waals surface area contributed by atoms with Gasteiger partial charge in [0.25, 0.3) is 0 Å². The Kier molecular flexibility index (Phi) is 3.04. The van der Waals surface area contributed by atoms with Crippen LogP contribution in [0.4, 0.5) is 0 Å². The number of amides is 1. The molecule has 4 nitrogen and oxygen atoms in total. The number of pyridine rings is 1. The van der Waals surface area contributed by atoms with E-state index in [-0.39, 0.29) is 11.8 Å². The van der Waals surface area contributed by atoms with Gasteiger partial charge in [-0.2, -0.15) is 0 Å². The van der Waals surface area contributed by atoms with Crippen LogP contribution in [0.5, 0.6) is 0 Å². The van der Waals surface area contributed by atoms with Crippen LogP contribution in [0.15, 0.2) is 18.5 Å². The zero-order chi connectivity index (χ0) is 12.5. The molecular weight excluding hydrogens is 226 g/mol. The Balaban J connectivity index is 1.58. The minimum absolute atomic E-state index is 0.172. The van der Waals surface area contributed by atoms with E-state index in [4.69, 9.17) is 0 Å². The standard InChI is InChI=1S/C14H19N3O/c1-9-7-15-5-4-10(9)8-16-14(18)12-6-11-2-3-13(12)17-11/h4-5,7,11-13,17H,2-3,6,8H2,1H3,(H,16,18). The number of fused-ring (bicyclic) bond motifs is 2. The summed E-state index contributed by atoms with van der Waals surface area (Å²) in [5, 5.41) is 6.56. The zero-order valence-electron chi connectivity index (χ0n) is 10.6. The fraction of sp³-hybridized carbons (Fsp3) is 0.571. The molecule has 96 valence electrons. The van der Waals surface area contributed by atoms with Gasteiger partial charge in [0.05, 0.1) is 5.92 Å². The highest BCUT2D eigenvalue weighted by atomic mass is 16.1. The van der Waals surface area contributed by atoms with E-state index in [2.05, 4.69) is 15.6 Å². The first kappa shape index (κ1) is 11.7. The maximum absolute atomic E-state index is 12.2. The Labute approximate surface area is 107 Å². The van der Waals surface area contributed by atoms with E-state index in [1.165, 1.54) is 6.42 Å². The van der Waals surface area contributed by atoms with Gasteiger partial charge in [0.15, 0.2) is 0 Å². The van der Waals surface area contributed by atoms with Crippen molar-refractivity contribution in [2.24, 2.45) is 5.92 Å². The van der Waals surface area contributed by atoms with Crippen LogP contribution in [0.1, 0.15) is 30.4 Å². The van der Waals surface area contributed by atoms with Crippen molar-refractivity contribution in [1.82, 2.24) is 15.6 Å². The van der Waals surface area contributed by atoms with Crippen LogP contribution in [-0.4, -0.2) is 23.0 Å². The van der Waals surface area contributed by atoms with E-state index in [9.17, 15) is 4.79 Å². The molecule has 3 atom stereocenters. The molecule has 2 N–H and O–H groups in total. The lowest BCUT2D eigenvalue weighted by atomic mass is 9.88. The van der Waals surface area contributed by atoms with Crippen molar-refractivity contribution >= 4 is 5.91 Å². The first-order chi connectivity index (χ1) is 8.74. The smallest absolute Gasteiger partial charge is 0.225 e. The zero-order valence-corrected chi connectivity index (χ0v) is 10.6. The second kappa shape index (κ2) is 4.69. The molecule has 0 radical (unpaired) electrons. The van der Waals surface area contributed by atoms with Crippen molar-refractivity contribution in [1.29, 1.82) is 0 Å². The molecule has 2 fully saturated rings. The summed E-state index contributed by atoms with van der Waals surface area (Å²) in [5.41, 5.74) is 2.28. The molecule has 3 heterocycles. The van der Waals surface area contributed by atoms with E-state index in [0.717, 1.165) is 24.0 Å². The Hall–Kier alpha value is -1.42. The summed E-state index contributed by atoms with van der Waals surface area (Å²) in [6.07, 6.45) is 6.99. The molecule has 1 aromatic rings. The molecule has 2 saturated heterocycles. The lowest BCUT2D eigenvalue weighted by Crippen LogP contribution is -2.37. The van der Waals surface area contributed by atoms with Crippen molar-refractivity contribution in [2.75, 3.05) is 0 Å². The molecule has 0 saturated carbocycles. The fourth-order valence-corrected chi connectivity index (χ4v) is 3.13. The van der Waals surface area contributed by atoms with Gasteiger partial charge < -0.3 is 10.6 Å². The molecule has 2 aliphatic rings. The van der Waals surface area contributed by atoms with Gasteiger partial charge in [0.1, 0.15) is 0 Å². The Morgan fingerprint density at radius 3 is 3.11 bits per heavy atom. The minimum Gasteiger partial charge on any atom is -0.352 e. The van der Waals surface area contributed by atoms with Gasteiger partial charge in [0, 0.05) is 31.0 Å². The molecule has 1 aromatic heterocycles. The predicted molar refractivity (Wildman–Crippen MR) is 68.9 cm³/mol. The van der Waals surface area contributed by atoms with Crippen molar-refractivity contribution in [3.05, 3.63) is 29.6 Å². The summed E-state index contributed by atoms with van der Waals surface area (Å²) in [5.74, 6) is 0.372. The summed E-state index contributed by atoms with van der Waals surface area (Å²) in [6.45, 7) is 2.63. The quantitative estimate of drug-likeness (QED) is 0.840. The average Bonchev–Trinajstić information content (AvgIpc) is 2.99. The normalized spacial score (nSPS) is 29.5. The minimum atomic E-state index is 0.172. The van der Waals surface area contributed by atoms with Gasteiger partial charge in [-0.15, -0.1) is 0 Å². The second-order valence-electron chi connectivity index (χ2n) is 5.41. The molecule has 0 aromatic carbocycles. The highest BCUT2D eigenvalue weighted by Gasteiger charge is 2.42. The number of carbonyl (C=O) groups excluding carboxylic acids is 1. The van der Waals surface area contributed by atoms with Crippen molar-refractivity contribution in [3.63, 3.8) is 0 Å². The summed E-state index contributed by atoms with van der Waals surface area (Å²) in [4.78, 5) is 16.2. The molecule has 18 heavy (non-hydrogen) atoms. The highest BCUT2D eigenvalue weighted by molar-refractivity contribution is 5.80. The number of hydrogen-bond donors (Lipinski definition) is 2. The van der Waals surface area contributed by atoms with E-state index in [0.29, 0.717) is 18.6 Å². The van der Waals surface area contributed by atoms with E-state index in [1.807, 2.05) is 19.2 Å². The first-order valence-corrected chi connectivity index (χ1v) is 6.67. The number of carbonyl (C=O) groups is 1. The largest absolute Gasteiger partial charge is 0.352 e. The van der Waals surface area contributed by atoms with E-state index < -0.39 is 0 Å². The van der Waals surface area contributed by atoms with Crippen LogP contribution in [0.25, 0.3) is 0 Å². The first-order valence-electron chi connectivity index (χ1n) is 6.67. The summed E-state index contributed by atoms with van der Waals surface area (Å²) in [6, 6.07) is 2.95. The van der Waals surface area contributed by atoms with Crippen LogP contribution in [0.3, 0.4) is 0 Å². The average molecular weight is 245 g/mol. The van der Waals surface area contributed by atoms with Gasteiger partial charge >= 0.3 is 0 Å². The van der Waals surface area contributed by atoms with Crippen molar-refractivity contribution in [2.45, 2.75) is 44.8 Å². The van der Waals surface area contributed by atoms with E-state index >= 15 is 0 Å². The number of nitrogens with one attached hydrogen (secondary N) is 2. The molecular formula is C14H19N3O. The Morgan fingerprint density at radius 2 is 2.44 bits per heavy atom.